The SMILES string of the molecule is CN1CCN(CCc2csc(N)n2)C(c2ccccc2)C1. The minimum Gasteiger partial charge on any atom is -0.375 e. The molecule has 0 radical (unpaired) electrons. The van der Waals surface area contributed by atoms with Gasteiger partial charge in [-0.3, -0.25) is 4.90 Å². The smallest absolute Gasteiger partial charge is 0.180 e. The predicted molar refractivity (Wildman–Crippen MR) is 88.5 cm³/mol. The Bertz CT molecular complexity index is 569. The first-order valence-corrected chi connectivity index (χ1v) is 8.28. The van der Waals surface area contributed by atoms with E-state index in [1.54, 1.807) is 0 Å². The van der Waals surface area contributed by atoms with Gasteiger partial charge in [0, 0.05) is 44.0 Å². The molecule has 21 heavy (non-hydrogen) atoms. The summed E-state index contributed by atoms with van der Waals surface area (Å²) >= 11 is 1.53. The van der Waals surface area contributed by atoms with Crippen LogP contribution in [0.3, 0.4) is 0 Å². The second kappa shape index (κ2) is 6.56. The normalized spacial score (nSPS) is 20.7. The average Bonchev–Trinajstić information content (AvgIpc) is 2.92. The molecule has 1 fully saturated rings. The van der Waals surface area contributed by atoms with E-state index in [2.05, 4.69) is 57.5 Å². The Morgan fingerprint density at radius 2 is 2.10 bits per heavy atom. The first-order valence-electron chi connectivity index (χ1n) is 7.40. The topological polar surface area (TPSA) is 45.4 Å². The molecule has 4 nitrogen and oxygen atoms in total. The highest BCUT2D eigenvalue weighted by atomic mass is 32.1. The number of hydrogen-bond donors (Lipinski definition) is 1. The number of benzene rings is 1. The fourth-order valence-electron chi connectivity index (χ4n) is 2.91. The number of anilines is 1. The van der Waals surface area contributed by atoms with Crippen LogP contribution in [-0.2, 0) is 6.42 Å². The van der Waals surface area contributed by atoms with Crippen LogP contribution < -0.4 is 5.73 Å². The van der Waals surface area contributed by atoms with E-state index >= 15 is 0 Å². The molecule has 0 spiro atoms. The van der Waals surface area contributed by atoms with Gasteiger partial charge in [0.15, 0.2) is 5.13 Å². The van der Waals surface area contributed by atoms with Crippen molar-refractivity contribution in [2.45, 2.75) is 12.5 Å². The molecule has 2 heterocycles. The fourth-order valence-corrected chi connectivity index (χ4v) is 3.51. The largest absolute Gasteiger partial charge is 0.375 e. The minimum atomic E-state index is 0.473. The molecule has 1 atom stereocenters. The average molecular weight is 302 g/mol. The number of nitrogen functional groups attached to an aromatic ring is 1. The van der Waals surface area contributed by atoms with Crippen molar-refractivity contribution in [2.24, 2.45) is 0 Å². The highest BCUT2D eigenvalue weighted by Crippen LogP contribution is 2.25. The number of nitrogens with two attached hydrogens (primary N) is 1. The van der Waals surface area contributed by atoms with E-state index in [1.807, 2.05) is 0 Å². The third kappa shape index (κ3) is 3.61. The molecule has 5 heteroatoms. The zero-order chi connectivity index (χ0) is 14.7. The lowest BCUT2D eigenvalue weighted by Gasteiger charge is -2.40. The molecule has 0 bridgehead atoms. The molecule has 1 aliphatic heterocycles. The van der Waals surface area contributed by atoms with Crippen molar-refractivity contribution in [3.63, 3.8) is 0 Å². The summed E-state index contributed by atoms with van der Waals surface area (Å²) in [4.78, 5) is 9.35. The van der Waals surface area contributed by atoms with Crippen LogP contribution in [0.2, 0.25) is 0 Å². The van der Waals surface area contributed by atoms with Gasteiger partial charge < -0.3 is 10.6 Å². The summed E-state index contributed by atoms with van der Waals surface area (Å²) in [5.41, 5.74) is 8.23. The third-order valence-electron chi connectivity index (χ3n) is 4.10. The van der Waals surface area contributed by atoms with Gasteiger partial charge in [0.1, 0.15) is 0 Å². The van der Waals surface area contributed by atoms with Gasteiger partial charge in [-0.05, 0) is 12.6 Å². The maximum atomic E-state index is 5.71. The highest BCUT2D eigenvalue weighted by molar-refractivity contribution is 7.13. The van der Waals surface area contributed by atoms with Crippen molar-refractivity contribution >= 4 is 16.5 Å². The molecule has 0 saturated carbocycles. The van der Waals surface area contributed by atoms with Crippen LogP contribution in [0.15, 0.2) is 35.7 Å². The van der Waals surface area contributed by atoms with Gasteiger partial charge in [-0.1, -0.05) is 30.3 Å². The van der Waals surface area contributed by atoms with Crippen molar-refractivity contribution in [1.29, 1.82) is 0 Å². The molecule has 1 unspecified atom stereocenters. The number of piperazine rings is 1. The van der Waals surface area contributed by atoms with Crippen molar-refractivity contribution in [2.75, 3.05) is 39.0 Å². The lowest BCUT2D eigenvalue weighted by atomic mass is 10.0. The predicted octanol–water partition coefficient (Wildman–Crippen LogP) is 2.26. The first-order chi connectivity index (χ1) is 10.2. The zero-order valence-corrected chi connectivity index (χ0v) is 13.2. The van der Waals surface area contributed by atoms with E-state index in [9.17, 15) is 0 Å². The van der Waals surface area contributed by atoms with Crippen LogP contribution in [0.4, 0.5) is 5.13 Å². The Morgan fingerprint density at radius 1 is 1.29 bits per heavy atom. The van der Waals surface area contributed by atoms with E-state index in [1.165, 1.54) is 16.9 Å². The van der Waals surface area contributed by atoms with Crippen LogP contribution in [-0.4, -0.2) is 48.0 Å². The number of rotatable bonds is 4. The van der Waals surface area contributed by atoms with Gasteiger partial charge in [0.25, 0.3) is 0 Å². The Morgan fingerprint density at radius 3 is 2.81 bits per heavy atom. The summed E-state index contributed by atoms with van der Waals surface area (Å²) in [5, 5.41) is 2.74. The maximum Gasteiger partial charge on any atom is 0.180 e. The monoisotopic (exact) mass is 302 g/mol. The third-order valence-corrected chi connectivity index (χ3v) is 4.83. The quantitative estimate of drug-likeness (QED) is 0.941. The standard InChI is InChI=1S/C16H22N4S/c1-19-9-10-20(8-7-14-12-21-16(17)18-14)15(11-19)13-5-3-2-4-6-13/h2-6,12,15H,7-11H2,1H3,(H2,17,18). The van der Waals surface area contributed by atoms with Gasteiger partial charge in [-0.2, -0.15) is 0 Å². The molecule has 1 saturated heterocycles. The summed E-state index contributed by atoms with van der Waals surface area (Å²) in [6, 6.07) is 11.3. The van der Waals surface area contributed by atoms with E-state index < -0.39 is 0 Å². The number of thiazole rings is 1. The number of nitrogens with zero attached hydrogens (tertiary/aromatic N) is 3. The van der Waals surface area contributed by atoms with Gasteiger partial charge in [-0.25, -0.2) is 4.98 Å². The molecular weight excluding hydrogens is 280 g/mol. The van der Waals surface area contributed by atoms with Crippen LogP contribution >= 0.6 is 11.3 Å². The first kappa shape index (κ1) is 14.5. The molecule has 1 aromatic heterocycles. The molecule has 1 aromatic carbocycles. The Kier molecular flexibility index (Phi) is 4.53. The lowest BCUT2D eigenvalue weighted by molar-refractivity contribution is 0.0908. The van der Waals surface area contributed by atoms with E-state index in [0.29, 0.717) is 11.2 Å². The highest BCUT2D eigenvalue weighted by Gasteiger charge is 2.26. The van der Waals surface area contributed by atoms with Crippen LogP contribution in [0, 0.1) is 0 Å². The van der Waals surface area contributed by atoms with E-state index in [0.717, 1.165) is 38.3 Å². The number of likely N-dealkylation sites (N-methyl/N-ethyl adjacent to an activating group) is 1. The van der Waals surface area contributed by atoms with E-state index in [-0.39, 0.29) is 0 Å². The molecule has 112 valence electrons. The molecule has 3 rings (SSSR count). The second-order valence-corrected chi connectivity index (χ2v) is 6.54. The lowest BCUT2D eigenvalue weighted by Crippen LogP contribution is -2.47. The van der Waals surface area contributed by atoms with Crippen LogP contribution in [0.1, 0.15) is 17.3 Å². The zero-order valence-electron chi connectivity index (χ0n) is 12.4. The number of aromatic nitrogens is 1. The van der Waals surface area contributed by atoms with Gasteiger partial charge in [-0.15, -0.1) is 11.3 Å². The summed E-state index contributed by atoms with van der Waals surface area (Å²) < 4.78 is 0. The number of hydrogen-bond acceptors (Lipinski definition) is 5. The van der Waals surface area contributed by atoms with Gasteiger partial charge >= 0.3 is 0 Å². The molecular formula is C16H22N4S. The molecule has 0 aliphatic carbocycles. The van der Waals surface area contributed by atoms with Crippen LogP contribution in [0.25, 0.3) is 0 Å². The molecule has 2 N–H and O–H groups in total. The molecule has 2 aromatic rings. The van der Waals surface area contributed by atoms with Crippen LogP contribution in [0.5, 0.6) is 0 Å². The Hall–Kier alpha value is -1.43. The van der Waals surface area contributed by atoms with Crippen molar-refractivity contribution < 1.29 is 0 Å². The molecule has 1 aliphatic rings. The van der Waals surface area contributed by atoms with Gasteiger partial charge in [0.2, 0.25) is 0 Å². The fraction of sp³-hybridized carbons (Fsp3) is 0.438. The van der Waals surface area contributed by atoms with Crippen molar-refractivity contribution in [3.8, 4) is 0 Å². The Labute approximate surface area is 130 Å². The summed E-state index contributed by atoms with van der Waals surface area (Å²) in [6.45, 7) is 4.36. The van der Waals surface area contributed by atoms with E-state index in [4.69, 9.17) is 5.73 Å². The maximum absolute atomic E-state index is 5.71. The Balaban J connectivity index is 1.69. The van der Waals surface area contributed by atoms with Gasteiger partial charge in [0.05, 0.1) is 5.69 Å². The van der Waals surface area contributed by atoms with Crippen molar-refractivity contribution in [3.05, 3.63) is 47.0 Å². The summed E-state index contributed by atoms with van der Waals surface area (Å²) in [6.07, 6.45) is 0.973. The van der Waals surface area contributed by atoms with Crippen molar-refractivity contribution in [1.82, 2.24) is 14.8 Å². The minimum absolute atomic E-state index is 0.473. The summed E-state index contributed by atoms with van der Waals surface area (Å²) in [7, 11) is 2.20. The summed E-state index contributed by atoms with van der Waals surface area (Å²) in [5.74, 6) is 0. The second-order valence-electron chi connectivity index (χ2n) is 5.65. The molecule has 0 amide bonds.